The summed E-state index contributed by atoms with van der Waals surface area (Å²) in [6.07, 6.45) is 5.44. The van der Waals surface area contributed by atoms with E-state index in [-0.39, 0.29) is 18.0 Å². The van der Waals surface area contributed by atoms with Crippen molar-refractivity contribution in [1.29, 1.82) is 0 Å². The van der Waals surface area contributed by atoms with E-state index in [0.29, 0.717) is 36.4 Å². The summed E-state index contributed by atoms with van der Waals surface area (Å²) < 4.78 is 19.1. The summed E-state index contributed by atoms with van der Waals surface area (Å²) in [5, 5.41) is 0.657. The van der Waals surface area contributed by atoms with Gasteiger partial charge in [0.2, 0.25) is 0 Å². The van der Waals surface area contributed by atoms with Gasteiger partial charge in [-0.25, -0.2) is 4.98 Å². The van der Waals surface area contributed by atoms with Crippen LogP contribution in [0.3, 0.4) is 0 Å². The third-order valence-electron chi connectivity index (χ3n) is 5.94. The highest BCUT2D eigenvalue weighted by Gasteiger charge is 2.41. The Labute approximate surface area is 197 Å². The number of hydrogen-bond donors (Lipinski definition) is 0. The van der Waals surface area contributed by atoms with Crippen molar-refractivity contribution in [2.24, 2.45) is 0 Å². The molecule has 0 saturated carbocycles. The number of hydrogen-bond acceptors (Lipinski definition) is 5. The summed E-state index contributed by atoms with van der Waals surface area (Å²) in [4.78, 5) is 19.6. The van der Waals surface area contributed by atoms with Crippen molar-refractivity contribution < 1.29 is 19.0 Å². The molecule has 7 nitrogen and oxygen atoms in total. The summed E-state index contributed by atoms with van der Waals surface area (Å²) in [5.41, 5.74) is 3.58. The van der Waals surface area contributed by atoms with Gasteiger partial charge < -0.3 is 23.7 Å². The Balaban J connectivity index is 1.44. The molecule has 170 valence electrons. The number of methoxy groups -OCH3 is 1. The van der Waals surface area contributed by atoms with E-state index in [1.807, 2.05) is 65.1 Å². The van der Waals surface area contributed by atoms with Crippen LogP contribution in [0.15, 0.2) is 60.7 Å². The van der Waals surface area contributed by atoms with Crippen LogP contribution in [0.1, 0.15) is 22.9 Å². The molecule has 3 aromatic rings. The normalized spacial score (nSPS) is 21.6. The SMILES string of the molecule is COc1cc(C=C2OC[C@H]3COC[C@@H](c4ccc(Cl)cc4)N3C2=O)ccc1-n1cnc(C)c1. The number of aromatic nitrogens is 2. The van der Waals surface area contributed by atoms with Crippen LogP contribution in [0.5, 0.6) is 5.75 Å². The molecule has 8 heteroatoms. The number of aryl methyl sites for hydroxylation is 1. The fraction of sp³-hybridized carbons (Fsp3) is 0.280. The monoisotopic (exact) mass is 465 g/mol. The summed E-state index contributed by atoms with van der Waals surface area (Å²) in [6.45, 7) is 3.20. The molecule has 2 fully saturated rings. The zero-order valence-electron chi connectivity index (χ0n) is 18.4. The van der Waals surface area contributed by atoms with Crippen molar-refractivity contribution in [3.8, 4) is 11.4 Å². The fourth-order valence-corrected chi connectivity index (χ4v) is 4.41. The summed E-state index contributed by atoms with van der Waals surface area (Å²) in [5.74, 6) is 0.830. The molecule has 3 heterocycles. The number of nitrogens with zero attached hydrogens (tertiary/aromatic N) is 3. The first kappa shape index (κ1) is 21.6. The molecule has 0 unspecified atom stereocenters. The van der Waals surface area contributed by atoms with Gasteiger partial charge in [-0.1, -0.05) is 29.8 Å². The Hall–Kier alpha value is -3.29. The maximum atomic E-state index is 13.5. The first-order valence-corrected chi connectivity index (χ1v) is 11.1. The molecule has 33 heavy (non-hydrogen) atoms. The highest BCUT2D eigenvalue weighted by Crippen LogP contribution is 2.34. The number of carbonyl (C=O) groups is 1. The van der Waals surface area contributed by atoms with Gasteiger partial charge >= 0.3 is 0 Å². The van der Waals surface area contributed by atoms with E-state index in [2.05, 4.69) is 4.98 Å². The molecule has 2 aromatic carbocycles. The molecule has 2 saturated heterocycles. The standard InChI is InChI=1S/C25H24ClN3O4/c1-16-11-28(15-27-16)21-8-3-17(9-23(21)31-2)10-24-25(30)29-20(13-33-24)12-32-14-22(29)18-4-6-19(26)7-5-18/h3-11,15,20,22H,12-14H2,1-2H3/t20-,22+/m1/s1. The van der Waals surface area contributed by atoms with Crippen LogP contribution >= 0.6 is 11.6 Å². The lowest BCUT2D eigenvalue weighted by Crippen LogP contribution is -2.56. The molecule has 2 aliphatic heterocycles. The molecule has 2 aliphatic rings. The number of rotatable bonds is 4. The van der Waals surface area contributed by atoms with Crippen molar-refractivity contribution in [2.45, 2.75) is 19.0 Å². The van der Waals surface area contributed by atoms with Crippen LogP contribution in [0.4, 0.5) is 0 Å². The van der Waals surface area contributed by atoms with Crippen LogP contribution in [-0.2, 0) is 14.3 Å². The van der Waals surface area contributed by atoms with Crippen LogP contribution in [0, 0.1) is 6.92 Å². The topological polar surface area (TPSA) is 65.8 Å². The number of halogens is 1. The first-order valence-electron chi connectivity index (χ1n) is 10.7. The van der Waals surface area contributed by atoms with E-state index in [0.717, 1.165) is 22.5 Å². The molecule has 0 radical (unpaired) electrons. The zero-order valence-corrected chi connectivity index (χ0v) is 19.2. The van der Waals surface area contributed by atoms with Gasteiger partial charge in [-0.2, -0.15) is 0 Å². The van der Waals surface area contributed by atoms with Gasteiger partial charge in [-0.3, -0.25) is 4.79 Å². The lowest BCUT2D eigenvalue weighted by Gasteiger charge is -2.45. The van der Waals surface area contributed by atoms with Gasteiger partial charge in [0.25, 0.3) is 5.91 Å². The maximum Gasteiger partial charge on any atom is 0.289 e. The predicted molar refractivity (Wildman–Crippen MR) is 124 cm³/mol. The van der Waals surface area contributed by atoms with Crippen molar-refractivity contribution in [3.63, 3.8) is 0 Å². The highest BCUT2D eigenvalue weighted by molar-refractivity contribution is 6.30. The molecule has 5 rings (SSSR count). The van der Waals surface area contributed by atoms with Crippen LogP contribution in [0.25, 0.3) is 11.8 Å². The van der Waals surface area contributed by atoms with Gasteiger partial charge in [0.15, 0.2) is 5.76 Å². The van der Waals surface area contributed by atoms with Crippen molar-refractivity contribution in [1.82, 2.24) is 14.5 Å². The zero-order chi connectivity index (χ0) is 22.9. The van der Waals surface area contributed by atoms with Crippen molar-refractivity contribution >= 4 is 23.6 Å². The molecular weight excluding hydrogens is 442 g/mol. The summed E-state index contributed by atoms with van der Waals surface area (Å²) in [7, 11) is 1.62. The van der Waals surface area contributed by atoms with Gasteiger partial charge in [-0.15, -0.1) is 0 Å². The quantitative estimate of drug-likeness (QED) is 0.541. The minimum Gasteiger partial charge on any atom is -0.495 e. The Bertz CT molecular complexity index is 1200. The average Bonchev–Trinajstić information content (AvgIpc) is 3.27. The third kappa shape index (κ3) is 4.21. The Kier molecular flexibility index (Phi) is 5.83. The van der Waals surface area contributed by atoms with Gasteiger partial charge in [-0.05, 0) is 48.4 Å². The largest absolute Gasteiger partial charge is 0.495 e. The Morgan fingerprint density at radius 1 is 1.15 bits per heavy atom. The van der Waals surface area contributed by atoms with Crippen molar-refractivity contribution in [3.05, 3.63) is 82.6 Å². The minimum atomic E-state index is -0.192. The smallest absolute Gasteiger partial charge is 0.289 e. The fourth-order valence-electron chi connectivity index (χ4n) is 4.29. The number of fused-ring (bicyclic) bond motifs is 1. The second-order valence-electron chi connectivity index (χ2n) is 8.14. The summed E-state index contributed by atoms with van der Waals surface area (Å²) in [6, 6.07) is 13.0. The average molecular weight is 466 g/mol. The van der Waals surface area contributed by atoms with Gasteiger partial charge in [0.1, 0.15) is 12.4 Å². The number of morpholine rings is 2. The second kappa shape index (κ2) is 8.92. The van der Waals surface area contributed by atoms with Crippen LogP contribution in [0.2, 0.25) is 5.02 Å². The molecule has 0 bridgehead atoms. The number of ether oxygens (including phenoxy) is 3. The highest BCUT2D eigenvalue weighted by atomic mass is 35.5. The molecule has 0 spiro atoms. The number of carbonyl (C=O) groups excluding carboxylic acids is 1. The van der Waals surface area contributed by atoms with E-state index in [1.165, 1.54) is 0 Å². The lowest BCUT2D eigenvalue weighted by molar-refractivity contribution is -0.157. The van der Waals surface area contributed by atoms with E-state index >= 15 is 0 Å². The number of benzene rings is 2. The van der Waals surface area contributed by atoms with Gasteiger partial charge in [0, 0.05) is 11.2 Å². The van der Waals surface area contributed by atoms with Crippen molar-refractivity contribution in [2.75, 3.05) is 26.9 Å². The van der Waals surface area contributed by atoms with E-state index < -0.39 is 0 Å². The Morgan fingerprint density at radius 2 is 1.97 bits per heavy atom. The van der Waals surface area contributed by atoms with Crippen LogP contribution in [-0.4, -0.2) is 53.3 Å². The van der Waals surface area contributed by atoms with Crippen LogP contribution < -0.4 is 4.74 Å². The number of amides is 1. The summed E-state index contributed by atoms with van der Waals surface area (Å²) >= 11 is 6.05. The lowest BCUT2D eigenvalue weighted by atomic mass is 10.0. The van der Waals surface area contributed by atoms with E-state index in [1.54, 1.807) is 19.5 Å². The van der Waals surface area contributed by atoms with Gasteiger partial charge in [0.05, 0.1) is 50.1 Å². The predicted octanol–water partition coefficient (Wildman–Crippen LogP) is 4.18. The molecule has 1 aromatic heterocycles. The minimum absolute atomic E-state index is 0.134. The maximum absolute atomic E-state index is 13.5. The number of imidazole rings is 1. The molecule has 1 amide bonds. The van der Waals surface area contributed by atoms with E-state index in [9.17, 15) is 4.79 Å². The third-order valence-corrected chi connectivity index (χ3v) is 6.19. The molecule has 2 atom stereocenters. The molecular formula is C25H24ClN3O4. The van der Waals surface area contributed by atoms with E-state index in [4.69, 9.17) is 25.8 Å². The Morgan fingerprint density at radius 3 is 2.70 bits per heavy atom. The molecule has 0 aliphatic carbocycles. The second-order valence-corrected chi connectivity index (χ2v) is 8.58. The first-order chi connectivity index (χ1) is 16.0. The molecule has 0 N–H and O–H groups in total.